The highest BCUT2D eigenvalue weighted by Crippen LogP contribution is 2.21. The van der Waals surface area contributed by atoms with Gasteiger partial charge >= 0.3 is 0 Å². The third-order valence-electron chi connectivity index (χ3n) is 4.81. The lowest BCUT2D eigenvalue weighted by molar-refractivity contribution is -0.113. The maximum atomic E-state index is 13.2. The first-order chi connectivity index (χ1) is 15.0. The summed E-state index contributed by atoms with van der Waals surface area (Å²) in [6.07, 6.45) is 0. The maximum absolute atomic E-state index is 13.2. The smallest absolute Gasteiger partial charge is 0.262 e. The molecule has 0 unspecified atom stereocenters. The van der Waals surface area contributed by atoms with E-state index >= 15 is 0 Å². The van der Waals surface area contributed by atoms with Gasteiger partial charge in [-0.15, -0.1) is 0 Å². The molecule has 0 aliphatic rings. The number of carbonyl (C=O) groups excluding carboxylic acids is 1. The van der Waals surface area contributed by atoms with E-state index in [1.54, 1.807) is 22.8 Å². The highest BCUT2D eigenvalue weighted by molar-refractivity contribution is 7.99. The molecule has 1 N–H and O–H groups in total. The van der Waals surface area contributed by atoms with Crippen molar-refractivity contribution in [3.8, 4) is 0 Å². The molecule has 0 atom stereocenters. The summed E-state index contributed by atoms with van der Waals surface area (Å²) in [5.41, 5.74) is 3.11. The molecule has 4 aromatic rings. The summed E-state index contributed by atoms with van der Waals surface area (Å²) >= 11 is 7.36. The topological polar surface area (TPSA) is 64.0 Å². The normalized spacial score (nSPS) is 10.9. The van der Waals surface area contributed by atoms with Crippen molar-refractivity contribution in [3.05, 3.63) is 99.3 Å². The number of nitrogens with one attached hydrogen (secondary N) is 1. The van der Waals surface area contributed by atoms with Crippen LogP contribution in [0.3, 0.4) is 0 Å². The monoisotopic (exact) mass is 449 g/mol. The van der Waals surface area contributed by atoms with Gasteiger partial charge in [0, 0.05) is 10.7 Å². The summed E-state index contributed by atoms with van der Waals surface area (Å²) in [6.45, 7) is 2.26. The molecule has 1 heterocycles. The van der Waals surface area contributed by atoms with Crippen molar-refractivity contribution >= 4 is 45.9 Å². The van der Waals surface area contributed by atoms with Gasteiger partial charge in [-0.1, -0.05) is 65.8 Å². The molecule has 4 rings (SSSR count). The first-order valence-corrected chi connectivity index (χ1v) is 11.1. The van der Waals surface area contributed by atoms with Crippen LogP contribution in [0.1, 0.15) is 11.1 Å². The Hall–Kier alpha value is -3.09. The van der Waals surface area contributed by atoms with Crippen LogP contribution in [0.4, 0.5) is 5.69 Å². The van der Waals surface area contributed by atoms with Gasteiger partial charge in [-0.2, -0.15) is 0 Å². The quantitative estimate of drug-likeness (QED) is 0.327. The number of para-hydroxylation sites is 2. The fourth-order valence-electron chi connectivity index (χ4n) is 3.24. The second-order valence-electron chi connectivity index (χ2n) is 7.08. The predicted octanol–water partition coefficient (Wildman–Crippen LogP) is 5.14. The summed E-state index contributed by atoms with van der Waals surface area (Å²) in [5, 5.41) is 4.55. The minimum absolute atomic E-state index is 0.134. The van der Waals surface area contributed by atoms with Gasteiger partial charge < -0.3 is 5.32 Å². The SMILES string of the molecule is Cc1ccccc1NC(=O)CSc1nc2ccccc2c(=O)n1Cc1cccc(Cl)c1. The third kappa shape index (κ3) is 4.98. The highest BCUT2D eigenvalue weighted by atomic mass is 35.5. The first kappa shape index (κ1) is 21.2. The molecule has 0 aliphatic heterocycles. The lowest BCUT2D eigenvalue weighted by Gasteiger charge is -2.14. The molecule has 0 spiro atoms. The Labute approximate surface area is 189 Å². The Bertz CT molecular complexity index is 1320. The maximum Gasteiger partial charge on any atom is 0.262 e. The molecule has 3 aromatic carbocycles. The number of aryl methyl sites for hydroxylation is 1. The zero-order valence-electron chi connectivity index (χ0n) is 16.8. The van der Waals surface area contributed by atoms with E-state index in [9.17, 15) is 9.59 Å². The standard InChI is InChI=1S/C24H20ClN3O2S/c1-16-7-2-4-11-20(16)26-22(29)15-31-24-27-21-12-5-3-10-19(21)23(30)28(24)14-17-8-6-9-18(25)13-17/h2-13H,14-15H2,1H3,(H,26,29). The second kappa shape index (κ2) is 9.37. The van der Waals surface area contributed by atoms with E-state index in [1.807, 2.05) is 61.5 Å². The van der Waals surface area contributed by atoms with Crippen LogP contribution in [0.2, 0.25) is 5.02 Å². The fraction of sp³-hybridized carbons (Fsp3) is 0.125. The number of benzene rings is 3. The van der Waals surface area contributed by atoms with Crippen molar-refractivity contribution in [1.29, 1.82) is 0 Å². The number of aromatic nitrogens is 2. The van der Waals surface area contributed by atoms with Crippen LogP contribution >= 0.6 is 23.4 Å². The summed E-state index contributed by atoms with van der Waals surface area (Å²) in [7, 11) is 0. The van der Waals surface area contributed by atoms with E-state index in [2.05, 4.69) is 10.3 Å². The van der Waals surface area contributed by atoms with E-state index < -0.39 is 0 Å². The number of nitrogens with zero attached hydrogens (tertiary/aromatic N) is 2. The molecule has 5 nitrogen and oxygen atoms in total. The number of carbonyl (C=O) groups is 1. The third-order valence-corrected chi connectivity index (χ3v) is 6.02. The van der Waals surface area contributed by atoms with Crippen molar-refractivity contribution in [2.45, 2.75) is 18.6 Å². The molecular formula is C24H20ClN3O2S. The van der Waals surface area contributed by atoms with E-state index in [0.717, 1.165) is 16.8 Å². The number of amides is 1. The zero-order valence-corrected chi connectivity index (χ0v) is 18.4. The molecule has 0 bridgehead atoms. The Kier molecular flexibility index (Phi) is 6.39. The molecule has 31 heavy (non-hydrogen) atoms. The average molecular weight is 450 g/mol. The van der Waals surface area contributed by atoms with E-state index in [0.29, 0.717) is 27.6 Å². The molecule has 1 aromatic heterocycles. The van der Waals surface area contributed by atoms with Gasteiger partial charge in [0.25, 0.3) is 5.56 Å². The molecule has 0 saturated heterocycles. The molecule has 1 amide bonds. The van der Waals surface area contributed by atoms with Crippen molar-refractivity contribution < 1.29 is 4.79 Å². The van der Waals surface area contributed by atoms with Gasteiger partial charge in [-0.3, -0.25) is 14.2 Å². The number of anilines is 1. The van der Waals surface area contributed by atoms with Gasteiger partial charge in [0.15, 0.2) is 5.16 Å². The van der Waals surface area contributed by atoms with Crippen LogP contribution in [-0.4, -0.2) is 21.2 Å². The molecule has 7 heteroatoms. The summed E-state index contributed by atoms with van der Waals surface area (Å²) in [6, 6.07) is 22.2. The number of fused-ring (bicyclic) bond motifs is 1. The van der Waals surface area contributed by atoms with Gasteiger partial charge in [-0.25, -0.2) is 4.98 Å². The molecular weight excluding hydrogens is 430 g/mol. The van der Waals surface area contributed by atoms with Crippen LogP contribution in [0.25, 0.3) is 10.9 Å². The Morgan fingerprint density at radius 1 is 1.06 bits per heavy atom. The lowest BCUT2D eigenvalue weighted by Crippen LogP contribution is -2.25. The lowest BCUT2D eigenvalue weighted by atomic mass is 10.2. The van der Waals surface area contributed by atoms with E-state index in [4.69, 9.17) is 11.6 Å². The van der Waals surface area contributed by atoms with Crippen molar-refractivity contribution in [1.82, 2.24) is 9.55 Å². The zero-order chi connectivity index (χ0) is 21.8. The largest absolute Gasteiger partial charge is 0.325 e. The minimum atomic E-state index is -0.156. The van der Waals surface area contributed by atoms with Crippen LogP contribution in [0.5, 0.6) is 0 Å². The van der Waals surface area contributed by atoms with E-state index in [-0.39, 0.29) is 17.2 Å². The number of hydrogen-bond acceptors (Lipinski definition) is 4. The molecule has 0 saturated carbocycles. The number of hydrogen-bond donors (Lipinski definition) is 1. The molecule has 156 valence electrons. The fourth-order valence-corrected chi connectivity index (χ4v) is 4.26. The van der Waals surface area contributed by atoms with Crippen LogP contribution in [-0.2, 0) is 11.3 Å². The number of halogens is 1. The Morgan fingerprint density at radius 2 is 1.84 bits per heavy atom. The number of rotatable bonds is 6. The Morgan fingerprint density at radius 3 is 2.65 bits per heavy atom. The Balaban J connectivity index is 1.63. The van der Waals surface area contributed by atoms with Crippen LogP contribution in [0, 0.1) is 6.92 Å². The number of thioether (sulfide) groups is 1. The van der Waals surface area contributed by atoms with Crippen LogP contribution < -0.4 is 10.9 Å². The van der Waals surface area contributed by atoms with Crippen molar-refractivity contribution in [3.63, 3.8) is 0 Å². The predicted molar refractivity (Wildman–Crippen MR) is 127 cm³/mol. The van der Waals surface area contributed by atoms with Gasteiger partial charge in [0.05, 0.1) is 23.2 Å². The molecule has 0 aliphatic carbocycles. The molecule has 0 radical (unpaired) electrons. The van der Waals surface area contributed by atoms with Crippen molar-refractivity contribution in [2.24, 2.45) is 0 Å². The van der Waals surface area contributed by atoms with E-state index in [1.165, 1.54) is 11.8 Å². The summed E-state index contributed by atoms with van der Waals surface area (Å²) in [5.74, 6) is -0.0229. The second-order valence-corrected chi connectivity index (χ2v) is 8.46. The summed E-state index contributed by atoms with van der Waals surface area (Å²) in [4.78, 5) is 30.4. The van der Waals surface area contributed by atoms with Crippen LogP contribution in [0.15, 0.2) is 82.7 Å². The molecule has 0 fully saturated rings. The minimum Gasteiger partial charge on any atom is -0.325 e. The first-order valence-electron chi connectivity index (χ1n) is 9.73. The van der Waals surface area contributed by atoms with Crippen molar-refractivity contribution in [2.75, 3.05) is 11.1 Å². The van der Waals surface area contributed by atoms with Gasteiger partial charge in [0.2, 0.25) is 5.91 Å². The van der Waals surface area contributed by atoms with Gasteiger partial charge in [0.1, 0.15) is 0 Å². The van der Waals surface area contributed by atoms with Gasteiger partial charge in [-0.05, 0) is 48.4 Å². The summed E-state index contributed by atoms with van der Waals surface area (Å²) < 4.78 is 1.60. The highest BCUT2D eigenvalue weighted by Gasteiger charge is 2.14. The average Bonchev–Trinajstić information content (AvgIpc) is 2.76.